The van der Waals surface area contributed by atoms with E-state index in [0.29, 0.717) is 6.04 Å². The standard InChI is InChI=1S/C9H10ClN/c10-11(9-6-7-9)8-4-2-1-3-5-8/h1-5,9H,6-7H2. The summed E-state index contributed by atoms with van der Waals surface area (Å²) < 4.78 is 1.83. The fourth-order valence-electron chi connectivity index (χ4n) is 1.08. The van der Waals surface area contributed by atoms with E-state index in [4.69, 9.17) is 11.8 Å². The van der Waals surface area contributed by atoms with Crippen LogP contribution in [-0.4, -0.2) is 6.04 Å². The molecule has 0 heterocycles. The molecule has 2 heteroatoms. The van der Waals surface area contributed by atoms with Crippen LogP contribution in [0, 0.1) is 0 Å². The zero-order chi connectivity index (χ0) is 7.68. The molecule has 0 aliphatic heterocycles. The van der Waals surface area contributed by atoms with Crippen LogP contribution in [0.3, 0.4) is 0 Å². The summed E-state index contributed by atoms with van der Waals surface area (Å²) in [5.74, 6) is 0. The molecule has 11 heavy (non-hydrogen) atoms. The molecule has 0 radical (unpaired) electrons. The van der Waals surface area contributed by atoms with Gasteiger partial charge in [0.2, 0.25) is 0 Å². The van der Waals surface area contributed by atoms with E-state index >= 15 is 0 Å². The van der Waals surface area contributed by atoms with Gasteiger partial charge in [0, 0.05) is 17.8 Å². The molecule has 0 N–H and O–H groups in total. The monoisotopic (exact) mass is 167 g/mol. The number of anilines is 1. The molecule has 58 valence electrons. The van der Waals surface area contributed by atoms with E-state index in [-0.39, 0.29) is 0 Å². The lowest BCUT2D eigenvalue weighted by atomic mass is 10.3. The second kappa shape index (κ2) is 2.74. The number of hydrogen-bond donors (Lipinski definition) is 0. The summed E-state index contributed by atoms with van der Waals surface area (Å²) in [6.07, 6.45) is 2.47. The Hall–Kier alpha value is -0.690. The maximum absolute atomic E-state index is 6.04. The normalized spacial score (nSPS) is 16.5. The zero-order valence-corrected chi connectivity index (χ0v) is 6.96. The predicted molar refractivity (Wildman–Crippen MR) is 47.8 cm³/mol. The first kappa shape index (κ1) is 6.99. The van der Waals surface area contributed by atoms with Crippen LogP contribution in [0.2, 0.25) is 0 Å². The molecule has 0 amide bonds. The summed E-state index contributed by atoms with van der Waals surface area (Å²) in [7, 11) is 0. The van der Waals surface area contributed by atoms with Crippen molar-refractivity contribution in [2.45, 2.75) is 18.9 Å². The number of benzene rings is 1. The van der Waals surface area contributed by atoms with Gasteiger partial charge in [0.05, 0.1) is 5.69 Å². The van der Waals surface area contributed by atoms with E-state index in [9.17, 15) is 0 Å². The second-order valence-electron chi connectivity index (χ2n) is 2.88. The quantitative estimate of drug-likeness (QED) is 0.613. The fourth-order valence-corrected chi connectivity index (χ4v) is 1.39. The lowest BCUT2D eigenvalue weighted by Gasteiger charge is -2.13. The zero-order valence-electron chi connectivity index (χ0n) is 6.20. The molecule has 1 aromatic carbocycles. The van der Waals surface area contributed by atoms with Crippen molar-refractivity contribution in [1.29, 1.82) is 0 Å². The van der Waals surface area contributed by atoms with E-state index in [1.54, 1.807) is 0 Å². The van der Waals surface area contributed by atoms with Gasteiger partial charge in [-0.3, -0.25) is 4.42 Å². The number of para-hydroxylation sites is 1. The molecule has 1 aromatic rings. The van der Waals surface area contributed by atoms with Crippen molar-refractivity contribution in [2.75, 3.05) is 4.42 Å². The smallest absolute Gasteiger partial charge is 0.0526 e. The number of halogens is 1. The Morgan fingerprint density at radius 3 is 2.36 bits per heavy atom. The van der Waals surface area contributed by atoms with Gasteiger partial charge in [-0.2, -0.15) is 0 Å². The average Bonchev–Trinajstić information content (AvgIpc) is 2.87. The Morgan fingerprint density at radius 1 is 1.18 bits per heavy atom. The first-order valence-corrected chi connectivity index (χ1v) is 4.22. The number of rotatable bonds is 2. The number of hydrogen-bond acceptors (Lipinski definition) is 1. The average molecular weight is 168 g/mol. The summed E-state index contributed by atoms with van der Waals surface area (Å²) in [6, 6.07) is 10.7. The lowest BCUT2D eigenvalue weighted by Crippen LogP contribution is -2.11. The highest BCUT2D eigenvalue weighted by Gasteiger charge is 2.27. The van der Waals surface area contributed by atoms with Gasteiger partial charge in [-0.25, -0.2) is 0 Å². The Balaban J connectivity index is 2.15. The van der Waals surface area contributed by atoms with Gasteiger partial charge in [-0.1, -0.05) is 18.2 Å². The molecular weight excluding hydrogens is 158 g/mol. The van der Waals surface area contributed by atoms with Crippen molar-refractivity contribution in [2.24, 2.45) is 0 Å². The number of nitrogens with zero attached hydrogens (tertiary/aromatic N) is 1. The van der Waals surface area contributed by atoms with Crippen LogP contribution in [0.1, 0.15) is 12.8 Å². The first-order chi connectivity index (χ1) is 5.38. The van der Waals surface area contributed by atoms with E-state index in [0.717, 1.165) is 5.69 Å². The Bertz CT molecular complexity index is 231. The van der Waals surface area contributed by atoms with Gasteiger partial charge < -0.3 is 0 Å². The maximum Gasteiger partial charge on any atom is 0.0526 e. The highest BCUT2D eigenvalue weighted by Crippen LogP contribution is 2.32. The van der Waals surface area contributed by atoms with Crippen molar-refractivity contribution < 1.29 is 0 Å². The molecule has 1 nitrogen and oxygen atoms in total. The minimum atomic E-state index is 0.582. The van der Waals surface area contributed by atoms with Crippen LogP contribution in [0.5, 0.6) is 0 Å². The second-order valence-corrected chi connectivity index (χ2v) is 3.24. The third-order valence-electron chi connectivity index (χ3n) is 1.87. The van der Waals surface area contributed by atoms with Crippen LogP contribution < -0.4 is 4.42 Å². The third-order valence-corrected chi connectivity index (χ3v) is 2.34. The molecule has 2 rings (SSSR count). The molecule has 1 fully saturated rings. The maximum atomic E-state index is 6.04. The minimum Gasteiger partial charge on any atom is -0.282 e. The Morgan fingerprint density at radius 2 is 1.82 bits per heavy atom. The summed E-state index contributed by atoms with van der Waals surface area (Å²) >= 11 is 6.04. The van der Waals surface area contributed by atoms with Crippen molar-refractivity contribution >= 4 is 17.5 Å². The minimum absolute atomic E-state index is 0.582. The molecular formula is C9H10ClN. The van der Waals surface area contributed by atoms with Crippen molar-refractivity contribution in [3.63, 3.8) is 0 Å². The molecule has 0 unspecified atom stereocenters. The topological polar surface area (TPSA) is 3.24 Å². The van der Waals surface area contributed by atoms with E-state index in [1.165, 1.54) is 12.8 Å². The third kappa shape index (κ3) is 1.48. The summed E-state index contributed by atoms with van der Waals surface area (Å²) in [6.45, 7) is 0. The molecule has 1 aliphatic rings. The highest BCUT2D eigenvalue weighted by atomic mass is 35.5. The van der Waals surface area contributed by atoms with E-state index in [1.807, 2.05) is 34.8 Å². The van der Waals surface area contributed by atoms with Gasteiger partial charge in [0.15, 0.2) is 0 Å². The van der Waals surface area contributed by atoms with E-state index in [2.05, 4.69) is 0 Å². The Labute approximate surface area is 71.7 Å². The van der Waals surface area contributed by atoms with Crippen LogP contribution in [0.15, 0.2) is 30.3 Å². The Kier molecular flexibility index (Phi) is 1.74. The molecule has 0 saturated heterocycles. The van der Waals surface area contributed by atoms with Crippen molar-refractivity contribution in [3.8, 4) is 0 Å². The van der Waals surface area contributed by atoms with Gasteiger partial charge in [-0.15, -0.1) is 0 Å². The molecule has 0 aromatic heterocycles. The van der Waals surface area contributed by atoms with Gasteiger partial charge >= 0.3 is 0 Å². The van der Waals surface area contributed by atoms with Crippen LogP contribution in [0.4, 0.5) is 5.69 Å². The van der Waals surface area contributed by atoms with Gasteiger partial charge in [-0.05, 0) is 25.0 Å². The SMILES string of the molecule is ClN(c1ccccc1)C1CC1. The first-order valence-electron chi connectivity index (χ1n) is 3.88. The van der Waals surface area contributed by atoms with Crippen LogP contribution in [0.25, 0.3) is 0 Å². The van der Waals surface area contributed by atoms with Crippen LogP contribution >= 0.6 is 11.8 Å². The molecule has 0 atom stereocenters. The summed E-state index contributed by atoms with van der Waals surface area (Å²) in [5.41, 5.74) is 1.11. The predicted octanol–water partition coefficient (Wildman–Crippen LogP) is 2.81. The molecule has 0 bridgehead atoms. The molecule has 1 saturated carbocycles. The summed E-state index contributed by atoms with van der Waals surface area (Å²) in [5, 5.41) is 0. The highest BCUT2D eigenvalue weighted by molar-refractivity contribution is 6.26. The van der Waals surface area contributed by atoms with Crippen molar-refractivity contribution in [3.05, 3.63) is 30.3 Å². The van der Waals surface area contributed by atoms with E-state index < -0.39 is 0 Å². The molecule has 0 spiro atoms. The largest absolute Gasteiger partial charge is 0.282 e. The van der Waals surface area contributed by atoms with Gasteiger partial charge in [0.1, 0.15) is 0 Å². The summed E-state index contributed by atoms with van der Waals surface area (Å²) in [4.78, 5) is 0. The lowest BCUT2D eigenvalue weighted by molar-refractivity contribution is 1.04. The van der Waals surface area contributed by atoms with Crippen LogP contribution in [-0.2, 0) is 0 Å². The van der Waals surface area contributed by atoms with Crippen molar-refractivity contribution in [1.82, 2.24) is 0 Å². The fraction of sp³-hybridized carbons (Fsp3) is 0.333. The van der Waals surface area contributed by atoms with Gasteiger partial charge in [0.25, 0.3) is 0 Å². The molecule has 1 aliphatic carbocycles.